The SMILES string of the molecule is COc1ccc(C(=O)C=Cc2cc(-c3cc(C)cc(C)c3)ccc2OCCN(C)C)cc1CN(C)C. The molecule has 190 valence electrons. The Labute approximate surface area is 216 Å². The van der Waals surface area contributed by atoms with Crippen LogP contribution in [0.15, 0.2) is 60.7 Å². The molecule has 0 aliphatic rings. The van der Waals surface area contributed by atoms with Crippen LogP contribution >= 0.6 is 0 Å². The van der Waals surface area contributed by atoms with E-state index in [1.54, 1.807) is 13.2 Å². The van der Waals surface area contributed by atoms with Crippen LogP contribution in [0.4, 0.5) is 0 Å². The van der Waals surface area contributed by atoms with Crippen LogP contribution in [0.3, 0.4) is 0 Å². The number of ketones is 1. The van der Waals surface area contributed by atoms with Gasteiger partial charge in [-0.05, 0) is 95.6 Å². The van der Waals surface area contributed by atoms with Crippen molar-refractivity contribution in [1.82, 2.24) is 9.80 Å². The topological polar surface area (TPSA) is 42.0 Å². The number of likely N-dealkylation sites (N-methyl/N-ethyl adjacent to an activating group) is 1. The minimum Gasteiger partial charge on any atom is -0.496 e. The summed E-state index contributed by atoms with van der Waals surface area (Å²) in [4.78, 5) is 17.3. The highest BCUT2D eigenvalue weighted by molar-refractivity contribution is 6.07. The lowest BCUT2D eigenvalue weighted by molar-refractivity contribution is 0.104. The minimum atomic E-state index is -0.0614. The number of benzene rings is 3. The molecule has 0 heterocycles. The van der Waals surface area contributed by atoms with Gasteiger partial charge in [0.05, 0.1) is 7.11 Å². The number of carbonyl (C=O) groups is 1. The molecule has 0 aliphatic carbocycles. The van der Waals surface area contributed by atoms with Gasteiger partial charge in [-0.15, -0.1) is 0 Å². The van der Waals surface area contributed by atoms with Gasteiger partial charge in [-0.25, -0.2) is 0 Å². The molecule has 0 saturated carbocycles. The van der Waals surface area contributed by atoms with E-state index >= 15 is 0 Å². The van der Waals surface area contributed by atoms with E-state index in [0.717, 1.165) is 40.3 Å². The minimum absolute atomic E-state index is 0.0614. The Bertz CT molecular complexity index is 1210. The highest BCUT2D eigenvalue weighted by Crippen LogP contribution is 2.30. The van der Waals surface area contributed by atoms with Crippen LogP contribution in [0.5, 0.6) is 11.5 Å². The summed E-state index contributed by atoms with van der Waals surface area (Å²) in [6.07, 6.45) is 3.48. The smallest absolute Gasteiger partial charge is 0.185 e. The Hall–Kier alpha value is -3.41. The largest absolute Gasteiger partial charge is 0.496 e. The molecule has 5 nitrogen and oxygen atoms in total. The third kappa shape index (κ3) is 7.54. The number of aryl methyl sites for hydroxylation is 2. The molecule has 0 N–H and O–H groups in total. The fourth-order valence-electron chi connectivity index (χ4n) is 4.13. The lowest BCUT2D eigenvalue weighted by Crippen LogP contribution is -2.19. The Morgan fingerprint density at radius 1 is 0.833 bits per heavy atom. The number of allylic oxidation sites excluding steroid dienone is 1. The molecule has 0 aliphatic heterocycles. The second kappa shape index (κ2) is 12.5. The molecule has 0 amide bonds. The molecule has 0 spiro atoms. The van der Waals surface area contributed by atoms with Crippen LogP contribution in [0, 0.1) is 13.8 Å². The van der Waals surface area contributed by atoms with E-state index in [0.29, 0.717) is 18.7 Å². The van der Waals surface area contributed by atoms with Crippen molar-refractivity contribution in [3.63, 3.8) is 0 Å². The predicted molar refractivity (Wildman–Crippen MR) is 149 cm³/mol. The monoisotopic (exact) mass is 486 g/mol. The van der Waals surface area contributed by atoms with E-state index < -0.39 is 0 Å². The molecule has 36 heavy (non-hydrogen) atoms. The third-order valence-electron chi connectivity index (χ3n) is 5.83. The van der Waals surface area contributed by atoms with Crippen LogP contribution < -0.4 is 9.47 Å². The maximum Gasteiger partial charge on any atom is 0.185 e. The molecular weight excluding hydrogens is 448 g/mol. The Morgan fingerprint density at radius 2 is 1.53 bits per heavy atom. The Kier molecular flexibility index (Phi) is 9.45. The van der Waals surface area contributed by atoms with Gasteiger partial charge < -0.3 is 19.3 Å². The van der Waals surface area contributed by atoms with Gasteiger partial charge in [0.1, 0.15) is 18.1 Å². The van der Waals surface area contributed by atoms with Crippen LogP contribution in [0.25, 0.3) is 17.2 Å². The zero-order chi connectivity index (χ0) is 26.2. The van der Waals surface area contributed by atoms with Crippen LogP contribution in [-0.4, -0.2) is 64.0 Å². The van der Waals surface area contributed by atoms with Crippen molar-refractivity contribution in [1.29, 1.82) is 0 Å². The summed E-state index contributed by atoms with van der Waals surface area (Å²) in [7, 11) is 9.68. The molecule has 3 aromatic carbocycles. The molecule has 0 atom stereocenters. The van der Waals surface area contributed by atoms with Gasteiger partial charge in [0.25, 0.3) is 0 Å². The number of hydrogen-bond acceptors (Lipinski definition) is 5. The number of ether oxygens (including phenoxy) is 2. The molecule has 5 heteroatoms. The van der Waals surface area contributed by atoms with Crippen molar-refractivity contribution in [3.05, 3.63) is 88.5 Å². The molecule has 0 bridgehead atoms. The standard InChI is InChI=1S/C31H38N2O3/c1-22-16-23(2)18-27(17-22)24-9-13-31(36-15-14-32(3)4)26(19-24)8-11-29(34)25-10-12-30(35-7)28(20-25)21-33(5)6/h8-13,16-20H,14-15,21H2,1-7H3. The summed E-state index contributed by atoms with van der Waals surface area (Å²) in [6, 6.07) is 18.3. The zero-order valence-electron chi connectivity index (χ0n) is 22.6. The number of carbonyl (C=O) groups excluding carboxylic acids is 1. The molecule has 0 unspecified atom stereocenters. The summed E-state index contributed by atoms with van der Waals surface area (Å²) >= 11 is 0. The average molecular weight is 487 g/mol. The zero-order valence-corrected chi connectivity index (χ0v) is 22.6. The van der Waals surface area contributed by atoms with Gasteiger partial charge in [-0.3, -0.25) is 4.79 Å². The summed E-state index contributed by atoms with van der Waals surface area (Å²) in [5.74, 6) is 1.48. The molecule has 0 aromatic heterocycles. The molecule has 3 aromatic rings. The molecular formula is C31H38N2O3. The summed E-state index contributed by atoms with van der Waals surface area (Å²) in [6.45, 7) is 6.27. The van der Waals surface area contributed by atoms with Crippen LogP contribution in [-0.2, 0) is 6.54 Å². The van der Waals surface area contributed by atoms with Gasteiger partial charge in [0.15, 0.2) is 5.78 Å². The van der Waals surface area contributed by atoms with Crippen molar-refractivity contribution in [3.8, 4) is 22.6 Å². The second-order valence-electron chi connectivity index (χ2n) is 9.74. The summed E-state index contributed by atoms with van der Waals surface area (Å²) in [5.41, 5.74) is 7.16. The second-order valence-corrected chi connectivity index (χ2v) is 9.74. The Morgan fingerprint density at radius 3 is 2.17 bits per heavy atom. The van der Waals surface area contributed by atoms with Gasteiger partial charge in [0, 0.05) is 29.8 Å². The number of rotatable bonds is 11. The van der Waals surface area contributed by atoms with Crippen molar-refractivity contribution in [2.45, 2.75) is 20.4 Å². The first kappa shape index (κ1) is 27.2. The van der Waals surface area contributed by atoms with E-state index in [1.165, 1.54) is 11.1 Å². The summed E-state index contributed by atoms with van der Waals surface area (Å²) < 4.78 is 11.6. The lowest BCUT2D eigenvalue weighted by atomic mass is 9.98. The first-order chi connectivity index (χ1) is 17.2. The average Bonchev–Trinajstić information content (AvgIpc) is 2.81. The lowest BCUT2D eigenvalue weighted by Gasteiger charge is -2.15. The maximum atomic E-state index is 13.1. The number of hydrogen-bond donors (Lipinski definition) is 0. The predicted octanol–water partition coefficient (Wildman–Crippen LogP) is 5.88. The van der Waals surface area contributed by atoms with Gasteiger partial charge >= 0.3 is 0 Å². The van der Waals surface area contributed by atoms with E-state index in [9.17, 15) is 4.79 Å². The van der Waals surface area contributed by atoms with Crippen LogP contribution in [0.1, 0.15) is 32.6 Å². The fraction of sp³-hybridized carbons (Fsp3) is 0.323. The summed E-state index contributed by atoms with van der Waals surface area (Å²) in [5, 5.41) is 0. The van der Waals surface area contributed by atoms with E-state index in [-0.39, 0.29) is 5.78 Å². The first-order valence-electron chi connectivity index (χ1n) is 12.2. The van der Waals surface area contributed by atoms with Gasteiger partial charge in [-0.1, -0.05) is 35.4 Å². The molecule has 0 radical (unpaired) electrons. The number of methoxy groups -OCH3 is 1. The highest BCUT2D eigenvalue weighted by Gasteiger charge is 2.11. The Balaban J connectivity index is 1.94. The van der Waals surface area contributed by atoms with E-state index in [2.05, 4.69) is 54.0 Å². The first-order valence-corrected chi connectivity index (χ1v) is 12.2. The quantitative estimate of drug-likeness (QED) is 0.250. The van der Waals surface area contributed by atoms with Crippen molar-refractivity contribution in [2.75, 3.05) is 48.5 Å². The van der Waals surface area contributed by atoms with Crippen molar-refractivity contribution < 1.29 is 14.3 Å². The van der Waals surface area contributed by atoms with Crippen LogP contribution in [0.2, 0.25) is 0 Å². The van der Waals surface area contributed by atoms with Gasteiger partial charge in [0.2, 0.25) is 0 Å². The highest BCUT2D eigenvalue weighted by atomic mass is 16.5. The van der Waals surface area contributed by atoms with E-state index in [1.807, 2.05) is 58.5 Å². The van der Waals surface area contributed by atoms with E-state index in [4.69, 9.17) is 9.47 Å². The molecule has 0 saturated heterocycles. The molecule has 0 fully saturated rings. The normalized spacial score (nSPS) is 11.5. The maximum absolute atomic E-state index is 13.1. The van der Waals surface area contributed by atoms with Crippen molar-refractivity contribution in [2.24, 2.45) is 0 Å². The molecule has 3 rings (SSSR count). The van der Waals surface area contributed by atoms with Crippen molar-refractivity contribution >= 4 is 11.9 Å². The fourth-order valence-corrected chi connectivity index (χ4v) is 4.13. The van der Waals surface area contributed by atoms with Gasteiger partial charge in [-0.2, -0.15) is 0 Å². The number of nitrogens with zero attached hydrogens (tertiary/aromatic N) is 2. The third-order valence-corrected chi connectivity index (χ3v) is 5.83.